The molecule has 138 valence electrons. The van der Waals surface area contributed by atoms with E-state index in [-0.39, 0.29) is 6.03 Å². The summed E-state index contributed by atoms with van der Waals surface area (Å²) in [6.07, 6.45) is 2.58. The van der Waals surface area contributed by atoms with Gasteiger partial charge >= 0.3 is 6.03 Å². The predicted molar refractivity (Wildman–Crippen MR) is 106 cm³/mol. The smallest absolute Gasteiger partial charge is 0.319 e. The van der Waals surface area contributed by atoms with E-state index in [1.807, 2.05) is 18.2 Å². The van der Waals surface area contributed by atoms with Crippen molar-refractivity contribution in [3.05, 3.63) is 54.1 Å². The van der Waals surface area contributed by atoms with Gasteiger partial charge < -0.3 is 20.3 Å². The Morgan fingerprint density at radius 2 is 2.04 bits per heavy atom. The normalized spacial score (nSPS) is 16.8. The Balaban J connectivity index is 1.50. The summed E-state index contributed by atoms with van der Waals surface area (Å²) < 4.78 is 5.16. The first-order chi connectivity index (χ1) is 12.6. The van der Waals surface area contributed by atoms with Gasteiger partial charge in [0.15, 0.2) is 0 Å². The van der Waals surface area contributed by atoms with E-state index >= 15 is 0 Å². The minimum Gasteiger partial charge on any atom is -0.497 e. The van der Waals surface area contributed by atoms with Crippen LogP contribution in [0, 0.1) is 5.92 Å². The van der Waals surface area contributed by atoms with E-state index in [0.717, 1.165) is 24.6 Å². The molecule has 2 aromatic carbocycles. The molecule has 1 heterocycles. The first-order valence-electron chi connectivity index (χ1n) is 9.17. The fourth-order valence-corrected chi connectivity index (χ4v) is 3.31. The lowest BCUT2D eigenvalue weighted by Gasteiger charge is -2.32. The Labute approximate surface area is 155 Å². The van der Waals surface area contributed by atoms with Gasteiger partial charge in [-0.15, -0.1) is 0 Å². The number of urea groups is 1. The minimum atomic E-state index is -0.229. The molecule has 1 fully saturated rings. The fraction of sp³-hybridized carbons (Fsp3) is 0.381. The van der Waals surface area contributed by atoms with Gasteiger partial charge in [0.2, 0.25) is 0 Å². The van der Waals surface area contributed by atoms with Gasteiger partial charge in [-0.2, -0.15) is 0 Å². The van der Waals surface area contributed by atoms with Gasteiger partial charge in [0.05, 0.1) is 7.11 Å². The zero-order valence-corrected chi connectivity index (χ0v) is 15.5. The second-order valence-electron chi connectivity index (χ2n) is 6.90. The molecule has 1 aliphatic rings. The third-order valence-electron chi connectivity index (χ3n) is 4.74. The molecule has 0 saturated carbocycles. The molecule has 2 amide bonds. The fourth-order valence-electron chi connectivity index (χ4n) is 3.31. The molecule has 0 spiro atoms. The maximum atomic E-state index is 12.1. The van der Waals surface area contributed by atoms with Crippen LogP contribution in [0.2, 0.25) is 0 Å². The third kappa shape index (κ3) is 4.91. The quantitative estimate of drug-likeness (QED) is 0.845. The highest BCUT2D eigenvalue weighted by atomic mass is 16.5. The average molecular weight is 353 g/mol. The maximum absolute atomic E-state index is 12.1. The Kier molecular flexibility index (Phi) is 6.00. The Hall–Kier alpha value is -2.69. The molecule has 1 saturated heterocycles. The highest BCUT2D eigenvalue weighted by molar-refractivity contribution is 5.89. The summed E-state index contributed by atoms with van der Waals surface area (Å²) in [5.41, 5.74) is 3.05. The number of ether oxygens (including phenoxy) is 1. The summed E-state index contributed by atoms with van der Waals surface area (Å²) in [6, 6.07) is 15.5. The van der Waals surface area contributed by atoms with Crippen LogP contribution in [0.3, 0.4) is 0 Å². The van der Waals surface area contributed by atoms with Crippen molar-refractivity contribution in [2.45, 2.75) is 26.3 Å². The molecule has 0 radical (unpaired) electrons. The van der Waals surface area contributed by atoms with Crippen LogP contribution in [0.4, 0.5) is 16.2 Å². The van der Waals surface area contributed by atoms with Crippen molar-refractivity contribution >= 4 is 17.4 Å². The maximum Gasteiger partial charge on any atom is 0.319 e. The molecule has 0 unspecified atom stereocenters. The third-order valence-corrected chi connectivity index (χ3v) is 4.74. The summed E-state index contributed by atoms with van der Waals surface area (Å²) in [5.74, 6) is 1.47. The van der Waals surface area contributed by atoms with Crippen molar-refractivity contribution in [1.29, 1.82) is 0 Å². The molecule has 1 atom stereocenters. The number of amides is 2. The second kappa shape index (κ2) is 8.61. The van der Waals surface area contributed by atoms with E-state index in [2.05, 4.69) is 46.7 Å². The topological polar surface area (TPSA) is 53.6 Å². The van der Waals surface area contributed by atoms with Crippen LogP contribution < -0.4 is 20.3 Å². The number of benzene rings is 2. The van der Waals surface area contributed by atoms with Gasteiger partial charge in [-0.25, -0.2) is 4.79 Å². The van der Waals surface area contributed by atoms with Gasteiger partial charge in [-0.1, -0.05) is 25.1 Å². The standard InChI is InChI=1S/C21H27N3O2/c1-16-5-4-12-24(15-16)19-10-8-17(9-11-19)14-22-21(25)23-18-6-3-7-20(13-18)26-2/h3,6-11,13,16H,4-5,12,14-15H2,1-2H3,(H2,22,23,25)/t16-/m0/s1. The SMILES string of the molecule is COc1cccc(NC(=O)NCc2ccc(N3CCC[C@H](C)C3)cc2)c1. The zero-order chi connectivity index (χ0) is 18.4. The van der Waals surface area contributed by atoms with Gasteiger partial charge in [-0.05, 0) is 48.6 Å². The number of hydrogen-bond acceptors (Lipinski definition) is 3. The van der Waals surface area contributed by atoms with Crippen molar-refractivity contribution in [2.75, 3.05) is 30.4 Å². The second-order valence-corrected chi connectivity index (χ2v) is 6.90. The molecular weight excluding hydrogens is 326 g/mol. The monoisotopic (exact) mass is 353 g/mol. The van der Waals surface area contributed by atoms with E-state index in [1.54, 1.807) is 13.2 Å². The van der Waals surface area contributed by atoms with Crippen LogP contribution in [-0.2, 0) is 6.54 Å². The zero-order valence-electron chi connectivity index (χ0n) is 15.5. The van der Waals surface area contributed by atoms with Crippen molar-refractivity contribution in [3.63, 3.8) is 0 Å². The largest absolute Gasteiger partial charge is 0.497 e. The van der Waals surface area contributed by atoms with Crippen LogP contribution in [0.5, 0.6) is 5.75 Å². The summed E-state index contributed by atoms with van der Waals surface area (Å²) >= 11 is 0. The lowest BCUT2D eigenvalue weighted by atomic mass is 9.99. The highest BCUT2D eigenvalue weighted by Gasteiger charge is 2.16. The molecular formula is C21H27N3O2. The molecule has 3 rings (SSSR count). The van der Waals surface area contributed by atoms with E-state index in [0.29, 0.717) is 18.0 Å². The lowest BCUT2D eigenvalue weighted by molar-refractivity contribution is 0.251. The minimum absolute atomic E-state index is 0.229. The van der Waals surface area contributed by atoms with Gasteiger partial charge in [0.1, 0.15) is 5.75 Å². The van der Waals surface area contributed by atoms with E-state index in [1.165, 1.54) is 18.5 Å². The summed E-state index contributed by atoms with van der Waals surface area (Å²) in [7, 11) is 1.60. The number of carbonyl (C=O) groups excluding carboxylic acids is 1. The molecule has 5 nitrogen and oxygen atoms in total. The number of anilines is 2. The van der Waals surface area contributed by atoms with Gasteiger partial charge in [0, 0.05) is 37.1 Å². The number of rotatable bonds is 5. The van der Waals surface area contributed by atoms with Crippen LogP contribution >= 0.6 is 0 Å². The summed E-state index contributed by atoms with van der Waals surface area (Å²) in [5, 5.41) is 5.70. The van der Waals surface area contributed by atoms with Crippen molar-refractivity contribution in [1.82, 2.24) is 5.32 Å². The average Bonchev–Trinajstić information content (AvgIpc) is 2.67. The Morgan fingerprint density at radius 1 is 1.23 bits per heavy atom. The number of carbonyl (C=O) groups is 1. The predicted octanol–water partition coefficient (Wildman–Crippen LogP) is 4.25. The van der Waals surface area contributed by atoms with Gasteiger partial charge in [0.25, 0.3) is 0 Å². The number of piperidine rings is 1. The van der Waals surface area contributed by atoms with Gasteiger partial charge in [-0.3, -0.25) is 0 Å². The van der Waals surface area contributed by atoms with Crippen molar-refractivity contribution in [2.24, 2.45) is 5.92 Å². The van der Waals surface area contributed by atoms with Crippen LogP contribution in [0.25, 0.3) is 0 Å². The van der Waals surface area contributed by atoms with Crippen molar-refractivity contribution < 1.29 is 9.53 Å². The number of nitrogens with one attached hydrogen (secondary N) is 2. The van der Waals surface area contributed by atoms with E-state index < -0.39 is 0 Å². The molecule has 5 heteroatoms. The van der Waals surface area contributed by atoms with Crippen LogP contribution in [0.15, 0.2) is 48.5 Å². The van der Waals surface area contributed by atoms with Crippen molar-refractivity contribution in [3.8, 4) is 5.75 Å². The Bertz CT molecular complexity index is 730. The number of methoxy groups -OCH3 is 1. The number of hydrogen-bond donors (Lipinski definition) is 2. The first-order valence-corrected chi connectivity index (χ1v) is 9.17. The van der Waals surface area contributed by atoms with Crippen LogP contribution in [0.1, 0.15) is 25.3 Å². The molecule has 1 aliphatic heterocycles. The number of nitrogens with zero attached hydrogens (tertiary/aromatic N) is 1. The highest BCUT2D eigenvalue weighted by Crippen LogP contribution is 2.23. The van der Waals surface area contributed by atoms with E-state index in [4.69, 9.17) is 4.74 Å². The Morgan fingerprint density at radius 3 is 2.77 bits per heavy atom. The molecule has 0 bridgehead atoms. The molecule has 0 aliphatic carbocycles. The summed E-state index contributed by atoms with van der Waals surface area (Å²) in [4.78, 5) is 14.5. The lowest BCUT2D eigenvalue weighted by Crippen LogP contribution is -2.34. The molecule has 26 heavy (non-hydrogen) atoms. The summed E-state index contributed by atoms with van der Waals surface area (Å²) in [6.45, 7) is 5.06. The molecule has 2 aromatic rings. The van der Waals surface area contributed by atoms with Crippen LogP contribution in [-0.4, -0.2) is 26.2 Å². The first kappa shape index (κ1) is 18.1. The molecule has 2 N–H and O–H groups in total. The molecule has 0 aromatic heterocycles. The van der Waals surface area contributed by atoms with E-state index in [9.17, 15) is 4.79 Å².